The van der Waals surface area contributed by atoms with Crippen molar-refractivity contribution >= 4 is 11.6 Å². The summed E-state index contributed by atoms with van der Waals surface area (Å²) >= 11 is 0. The predicted molar refractivity (Wildman–Crippen MR) is 149 cm³/mol. The van der Waals surface area contributed by atoms with E-state index in [4.69, 9.17) is 9.47 Å². The van der Waals surface area contributed by atoms with Crippen LogP contribution >= 0.6 is 0 Å². The van der Waals surface area contributed by atoms with Crippen molar-refractivity contribution in [3.05, 3.63) is 100 Å². The van der Waals surface area contributed by atoms with Crippen LogP contribution in [-0.4, -0.2) is 24.1 Å². The number of nitrogens with one attached hydrogen (secondary N) is 2. The molecule has 1 heterocycles. The molecular formula is C31H32N2O4. The minimum absolute atomic E-state index is 0.0565. The molecule has 190 valence electrons. The predicted octanol–water partition coefficient (Wildman–Crippen LogP) is 6.85. The zero-order chi connectivity index (χ0) is 26.2. The second kappa shape index (κ2) is 12.1. The van der Waals surface area contributed by atoms with Crippen LogP contribution in [0.25, 0.3) is 22.4 Å². The third-order valence-corrected chi connectivity index (χ3v) is 5.98. The standard InChI is InChI=1S/C31H32N2O4/c1-4-6-19-37-26-15-11-23(12-16-26)28-20-27(22-9-7-21(3)8-10-22)29(31(35)33-28)30(34)32-24-13-17-25(18-14-24)36-5-2/h7-18,20H,4-6,19H2,1-3H3,(H,32,34)(H,33,35). The molecule has 6 nitrogen and oxygen atoms in total. The van der Waals surface area contributed by atoms with Crippen LogP contribution in [0.15, 0.2) is 83.7 Å². The molecule has 4 aromatic rings. The van der Waals surface area contributed by atoms with Gasteiger partial charge in [-0.25, -0.2) is 0 Å². The van der Waals surface area contributed by atoms with Crippen LogP contribution in [-0.2, 0) is 0 Å². The summed E-state index contributed by atoms with van der Waals surface area (Å²) in [5.74, 6) is 1.02. The van der Waals surface area contributed by atoms with Crippen molar-refractivity contribution in [2.24, 2.45) is 0 Å². The van der Waals surface area contributed by atoms with E-state index in [1.165, 1.54) is 0 Å². The molecule has 37 heavy (non-hydrogen) atoms. The van der Waals surface area contributed by atoms with Crippen molar-refractivity contribution in [3.8, 4) is 33.9 Å². The maximum Gasteiger partial charge on any atom is 0.261 e. The fraction of sp³-hybridized carbons (Fsp3) is 0.226. The first-order valence-electron chi connectivity index (χ1n) is 12.6. The van der Waals surface area contributed by atoms with Crippen LogP contribution in [0.3, 0.4) is 0 Å². The normalized spacial score (nSPS) is 10.7. The number of amides is 1. The number of carbonyl (C=O) groups is 1. The quantitative estimate of drug-likeness (QED) is 0.235. The number of hydrogen-bond donors (Lipinski definition) is 2. The maximum absolute atomic E-state index is 13.3. The van der Waals surface area contributed by atoms with E-state index < -0.39 is 11.5 Å². The zero-order valence-electron chi connectivity index (χ0n) is 21.5. The fourth-order valence-electron chi connectivity index (χ4n) is 3.96. The van der Waals surface area contributed by atoms with E-state index in [-0.39, 0.29) is 5.56 Å². The van der Waals surface area contributed by atoms with Gasteiger partial charge in [0.2, 0.25) is 0 Å². The molecule has 0 aliphatic rings. The van der Waals surface area contributed by atoms with E-state index in [1.807, 2.05) is 68.4 Å². The average molecular weight is 497 g/mol. The number of unbranched alkanes of at least 4 members (excludes halogenated alkanes) is 1. The van der Waals surface area contributed by atoms with Crippen LogP contribution in [0.2, 0.25) is 0 Å². The van der Waals surface area contributed by atoms with Crippen molar-refractivity contribution in [1.29, 1.82) is 0 Å². The lowest BCUT2D eigenvalue weighted by molar-refractivity contribution is 0.102. The first-order valence-corrected chi connectivity index (χ1v) is 12.6. The molecule has 0 fully saturated rings. The number of aryl methyl sites for hydroxylation is 1. The van der Waals surface area contributed by atoms with Crippen molar-refractivity contribution in [3.63, 3.8) is 0 Å². The Morgan fingerprint density at radius 2 is 1.46 bits per heavy atom. The highest BCUT2D eigenvalue weighted by atomic mass is 16.5. The number of carbonyl (C=O) groups excluding carboxylic acids is 1. The third-order valence-electron chi connectivity index (χ3n) is 5.98. The number of hydrogen-bond acceptors (Lipinski definition) is 4. The summed E-state index contributed by atoms with van der Waals surface area (Å²) < 4.78 is 11.2. The molecule has 0 spiro atoms. The SMILES string of the molecule is CCCCOc1ccc(-c2cc(-c3ccc(C)cc3)c(C(=O)Nc3ccc(OCC)cc3)c(=O)[nH]2)cc1. The van der Waals surface area contributed by atoms with E-state index in [0.717, 1.165) is 35.3 Å². The number of aromatic nitrogens is 1. The number of pyridine rings is 1. The Morgan fingerprint density at radius 1 is 0.838 bits per heavy atom. The highest BCUT2D eigenvalue weighted by Crippen LogP contribution is 2.28. The first-order chi connectivity index (χ1) is 18.0. The Kier molecular flexibility index (Phi) is 8.41. The number of H-pyrrole nitrogens is 1. The molecule has 3 aromatic carbocycles. The van der Waals surface area contributed by atoms with Gasteiger partial charge in [0, 0.05) is 16.9 Å². The van der Waals surface area contributed by atoms with Crippen molar-refractivity contribution in [1.82, 2.24) is 4.98 Å². The summed E-state index contributed by atoms with van der Waals surface area (Å²) in [7, 11) is 0. The van der Waals surface area contributed by atoms with Crippen LogP contribution in [0.4, 0.5) is 5.69 Å². The van der Waals surface area contributed by atoms with E-state index in [1.54, 1.807) is 24.3 Å². The Labute approximate surface area is 217 Å². The third kappa shape index (κ3) is 6.47. The summed E-state index contributed by atoms with van der Waals surface area (Å²) in [5, 5.41) is 2.85. The smallest absolute Gasteiger partial charge is 0.261 e. The molecule has 0 aliphatic carbocycles. The summed E-state index contributed by atoms with van der Waals surface area (Å²) in [6.45, 7) is 7.26. The molecule has 0 aliphatic heterocycles. The fourth-order valence-corrected chi connectivity index (χ4v) is 3.96. The summed E-state index contributed by atoms with van der Waals surface area (Å²) in [5.41, 5.74) is 4.06. The lowest BCUT2D eigenvalue weighted by Crippen LogP contribution is -2.25. The molecule has 2 N–H and O–H groups in total. The second-order valence-electron chi connectivity index (χ2n) is 8.80. The van der Waals surface area contributed by atoms with Gasteiger partial charge in [-0.3, -0.25) is 9.59 Å². The van der Waals surface area contributed by atoms with Gasteiger partial charge < -0.3 is 19.8 Å². The van der Waals surface area contributed by atoms with E-state index >= 15 is 0 Å². The maximum atomic E-state index is 13.3. The molecule has 0 bridgehead atoms. The van der Waals surface area contributed by atoms with Gasteiger partial charge in [0.15, 0.2) is 0 Å². The Balaban J connectivity index is 1.69. The molecule has 0 atom stereocenters. The zero-order valence-corrected chi connectivity index (χ0v) is 21.5. The van der Waals surface area contributed by atoms with E-state index in [0.29, 0.717) is 35.9 Å². The van der Waals surface area contributed by atoms with Gasteiger partial charge in [0.1, 0.15) is 17.1 Å². The Hall–Kier alpha value is -4.32. The molecule has 1 aromatic heterocycles. The molecular weight excluding hydrogens is 464 g/mol. The summed E-state index contributed by atoms with van der Waals surface area (Å²) in [6.07, 6.45) is 2.06. The van der Waals surface area contributed by atoms with Crippen LogP contribution in [0.5, 0.6) is 11.5 Å². The summed E-state index contributed by atoms with van der Waals surface area (Å²) in [6, 6.07) is 24.3. The second-order valence-corrected chi connectivity index (χ2v) is 8.80. The minimum Gasteiger partial charge on any atom is -0.494 e. The van der Waals surface area contributed by atoms with Crippen LogP contribution < -0.4 is 20.3 Å². The number of benzene rings is 3. The topological polar surface area (TPSA) is 80.4 Å². The monoisotopic (exact) mass is 496 g/mol. The molecule has 0 saturated carbocycles. The van der Waals surface area contributed by atoms with Crippen LogP contribution in [0, 0.1) is 6.92 Å². The van der Waals surface area contributed by atoms with E-state index in [9.17, 15) is 9.59 Å². The van der Waals surface area contributed by atoms with Gasteiger partial charge in [0.05, 0.1) is 13.2 Å². The Morgan fingerprint density at radius 3 is 2.11 bits per heavy atom. The molecule has 4 rings (SSSR count). The highest BCUT2D eigenvalue weighted by Gasteiger charge is 2.20. The lowest BCUT2D eigenvalue weighted by atomic mass is 9.97. The van der Waals surface area contributed by atoms with Gasteiger partial charge >= 0.3 is 0 Å². The van der Waals surface area contributed by atoms with Crippen molar-refractivity contribution in [2.45, 2.75) is 33.6 Å². The molecule has 6 heteroatoms. The van der Waals surface area contributed by atoms with Crippen LogP contribution in [0.1, 0.15) is 42.6 Å². The van der Waals surface area contributed by atoms with E-state index in [2.05, 4.69) is 17.2 Å². The summed E-state index contributed by atoms with van der Waals surface area (Å²) in [4.78, 5) is 29.6. The lowest BCUT2D eigenvalue weighted by Gasteiger charge is -2.13. The average Bonchev–Trinajstić information content (AvgIpc) is 2.90. The van der Waals surface area contributed by atoms with Crippen molar-refractivity contribution in [2.75, 3.05) is 18.5 Å². The number of aromatic amines is 1. The van der Waals surface area contributed by atoms with Gasteiger partial charge in [0.25, 0.3) is 11.5 Å². The number of ether oxygens (including phenoxy) is 2. The van der Waals surface area contributed by atoms with Gasteiger partial charge in [-0.1, -0.05) is 43.2 Å². The number of rotatable bonds is 10. The van der Waals surface area contributed by atoms with Crippen molar-refractivity contribution < 1.29 is 14.3 Å². The minimum atomic E-state index is -0.479. The molecule has 0 unspecified atom stereocenters. The Bertz CT molecular complexity index is 1390. The van der Waals surface area contributed by atoms with Gasteiger partial charge in [-0.15, -0.1) is 0 Å². The van der Waals surface area contributed by atoms with Gasteiger partial charge in [-0.05, 0) is 86.0 Å². The molecule has 0 radical (unpaired) electrons. The molecule has 0 saturated heterocycles. The largest absolute Gasteiger partial charge is 0.494 e. The van der Waals surface area contributed by atoms with Gasteiger partial charge in [-0.2, -0.15) is 0 Å². The highest BCUT2D eigenvalue weighted by molar-refractivity contribution is 6.08. The molecule has 1 amide bonds. The first kappa shape index (κ1) is 25.8. The number of anilines is 1.